The van der Waals surface area contributed by atoms with Gasteiger partial charge >= 0.3 is 0 Å². The number of amides is 1. The lowest BCUT2D eigenvalue weighted by Gasteiger charge is -2.23. The van der Waals surface area contributed by atoms with Crippen molar-refractivity contribution in [2.45, 2.75) is 51.6 Å². The van der Waals surface area contributed by atoms with E-state index < -0.39 is 6.04 Å². The second kappa shape index (κ2) is 6.87. The van der Waals surface area contributed by atoms with Crippen molar-refractivity contribution >= 4 is 17.9 Å². The highest BCUT2D eigenvalue weighted by atomic mass is 16.2. The van der Waals surface area contributed by atoms with E-state index in [0.29, 0.717) is 17.8 Å². The van der Waals surface area contributed by atoms with E-state index in [1.807, 2.05) is 13.8 Å². The maximum atomic E-state index is 12.3. The summed E-state index contributed by atoms with van der Waals surface area (Å²) in [5.74, 6) is 1.19. The number of nitrogens with two attached hydrogens (primary N) is 1. The van der Waals surface area contributed by atoms with E-state index in [4.69, 9.17) is 5.73 Å². The van der Waals surface area contributed by atoms with Crippen molar-refractivity contribution in [1.29, 1.82) is 0 Å². The minimum Gasteiger partial charge on any atom is -0.405 e. The third-order valence-electron chi connectivity index (χ3n) is 4.08. The van der Waals surface area contributed by atoms with Crippen LogP contribution in [-0.4, -0.2) is 30.0 Å². The van der Waals surface area contributed by atoms with Crippen molar-refractivity contribution in [2.24, 2.45) is 28.5 Å². The van der Waals surface area contributed by atoms with Gasteiger partial charge in [-0.2, -0.15) is 0 Å². The Morgan fingerprint density at radius 2 is 1.81 bits per heavy atom. The van der Waals surface area contributed by atoms with Crippen molar-refractivity contribution in [1.82, 2.24) is 5.32 Å². The maximum absolute atomic E-state index is 12.3. The standard InChI is InChI=1S/C16H25N3O2/c1-10(2)18-13(7-8-17)16(21)19-14(9-20)15(11-3-4-11)12-5-6-12/h7-12,14-15H,3-6,17H2,1-2H3,(H,19,21)/b8-7-,18-13?. The van der Waals surface area contributed by atoms with Crippen LogP contribution >= 0.6 is 0 Å². The first kappa shape index (κ1) is 15.7. The number of hydrogen-bond donors (Lipinski definition) is 2. The summed E-state index contributed by atoms with van der Waals surface area (Å²) in [4.78, 5) is 28.0. The summed E-state index contributed by atoms with van der Waals surface area (Å²) >= 11 is 0. The summed E-state index contributed by atoms with van der Waals surface area (Å²) in [6, 6.07) is -0.402. The molecule has 2 rings (SSSR count). The number of carbonyl (C=O) groups is 2. The van der Waals surface area contributed by atoms with Crippen LogP contribution in [0.5, 0.6) is 0 Å². The van der Waals surface area contributed by atoms with Crippen LogP contribution in [0.4, 0.5) is 0 Å². The van der Waals surface area contributed by atoms with Crippen molar-refractivity contribution in [3.8, 4) is 0 Å². The van der Waals surface area contributed by atoms with Crippen molar-refractivity contribution in [3.63, 3.8) is 0 Å². The van der Waals surface area contributed by atoms with Crippen LogP contribution in [0.3, 0.4) is 0 Å². The predicted octanol–water partition coefficient (Wildman–Crippen LogP) is 1.43. The number of nitrogens with zero attached hydrogens (tertiary/aromatic N) is 1. The minimum atomic E-state index is -0.402. The molecule has 0 saturated heterocycles. The van der Waals surface area contributed by atoms with E-state index in [2.05, 4.69) is 10.3 Å². The molecule has 116 valence electrons. The highest BCUT2D eigenvalue weighted by Crippen LogP contribution is 2.50. The fourth-order valence-corrected chi connectivity index (χ4v) is 2.93. The number of aldehydes is 1. The Kier molecular flexibility index (Phi) is 5.15. The van der Waals surface area contributed by atoms with Gasteiger partial charge in [0.25, 0.3) is 5.91 Å². The monoisotopic (exact) mass is 291 g/mol. The minimum absolute atomic E-state index is 0.000655. The topological polar surface area (TPSA) is 84.5 Å². The Balaban J connectivity index is 2.05. The molecule has 5 nitrogen and oxygen atoms in total. The lowest BCUT2D eigenvalue weighted by molar-refractivity contribution is -0.120. The fraction of sp³-hybridized carbons (Fsp3) is 0.688. The van der Waals surface area contributed by atoms with Gasteiger partial charge in [0.1, 0.15) is 12.0 Å². The number of rotatable bonds is 8. The summed E-state index contributed by atoms with van der Waals surface area (Å²) in [6.07, 6.45) is 8.39. The molecule has 0 aromatic heterocycles. The average Bonchev–Trinajstić information content (AvgIpc) is 3.30. The highest BCUT2D eigenvalue weighted by Gasteiger charge is 2.46. The van der Waals surface area contributed by atoms with E-state index in [0.717, 1.165) is 6.29 Å². The molecule has 0 radical (unpaired) electrons. The van der Waals surface area contributed by atoms with Crippen molar-refractivity contribution in [3.05, 3.63) is 12.3 Å². The normalized spacial score (nSPS) is 21.0. The van der Waals surface area contributed by atoms with E-state index in [1.54, 1.807) is 0 Å². The van der Waals surface area contributed by atoms with Crippen LogP contribution in [-0.2, 0) is 9.59 Å². The Bertz CT molecular complexity index is 436. The van der Waals surface area contributed by atoms with Crippen LogP contribution in [0, 0.1) is 17.8 Å². The summed E-state index contributed by atoms with van der Waals surface area (Å²) in [5, 5.41) is 2.86. The Morgan fingerprint density at radius 1 is 1.24 bits per heavy atom. The molecule has 0 bridgehead atoms. The average molecular weight is 291 g/mol. The molecule has 1 atom stereocenters. The smallest absolute Gasteiger partial charge is 0.270 e. The van der Waals surface area contributed by atoms with Gasteiger partial charge in [-0.15, -0.1) is 0 Å². The van der Waals surface area contributed by atoms with Crippen molar-refractivity contribution in [2.75, 3.05) is 0 Å². The number of carbonyl (C=O) groups excluding carboxylic acids is 2. The van der Waals surface area contributed by atoms with Gasteiger partial charge in [0.2, 0.25) is 0 Å². The molecule has 2 saturated carbocycles. The molecule has 0 heterocycles. The van der Waals surface area contributed by atoms with Gasteiger partial charge in [0.05, 0.1) is 6.04 Å². The van der Waals surface area contributed by atoms with E-state index in [1.165, 1.54) is 38.0 Å². The molecule has 0 aromatic rings. The second-order valence-corrected chi connectivity index (χ2v) is 6.35. The summed E-state index contributed by atoms with van der Waals surface area (Å²) in [5.41, 5.74) is 5.65. The molecular weight excluding hydrogens is 266 g/mol. The Hall–Kier alpha value is -1.65. The van der Waals surface area contributed by atoms with Gasteiger partial charge < -0.3 is 15.8 Å². The van der Waals surface area contributed by atoms with Gasteiger partial charge in [-0.3, -0.25) is 9.79 Å². The largest absolute Gasteiger partial charge is 0.405 e. The molecule has 21 heavy (non-hydrogen) atoms. The van der Waals surface area contributed by atoms with Gasteiger partial charge in [0.15, 0.2) is 0 Å². The van der Waals surface area contributed by atoms with Crippen molar-refractivity contribution < 1.29 is 9.59 Å². The van der Waals surface area contributed by atoms with E-state index in [-0.39, 0.29) is 17.7 Å². The molecule has 0 aliphatic heterocycles. The summed E-state index contributed by atoms with van der Waals surface area (Å²) in [6.45, 7) is 3.79. The quantitative estimate of drug-likeness (QED) is 0.524. The molecule has 1 unspecified atom stereocenters. The number of aliphatic imine (C=N–C) groups is 1. The molecule has 0 aromatic carbocycles. The number of nitrogens with one attached hydrogen (secondary N) is 1. The predicted molar refractivity (Wildman–Crippen MR) is 82.8 cm³/mol. The second-order valence-electron chi connectivity index (χ2n) is 6.35. The SMILES string of the molecule is CC(C)N=C(/C=C\N)C(=O)NC(C=O)C(C1CC1)C1CC1. The molecular formula is C16H25N3O2. The Labute approximate surface area is 126 Å². The van der Waals surface area contributed by atoms with Gasteiger partial charge in [-0.05, 0) is 69.6 Å². The molecule has 0 spiro atoms. The zero-order valence-electron chi connectivity index (χ0n) is 12.8. The Morgan fingerprint density at radius 3 is 2.19 bits per heavy atom. The first-order chi connectivity index (χ1) is 10.1. The molecule has 2 fully saturated rings. The highest BCUT2D eigenvalue weighted by molar-refractivity contribution is 6.43. The molecule has 3 N–H and O–H groups in total. The third-order valence-corrected chi connectivity index (χ3v) is 4.08. The van der Waals surface area contributed by atoms with Gasteiger partial charge in [0, 0.05) is 6.04 Å². The van der Waals surface area contributed by atoms with Crippen LogP contribution < -0.4 is 11.1 Å². The maximum Gasteiger partial charge on any atom is 0.270 e. The van der Waals surface area contributed by atoms with E-state index >= 15 is 0 Å². The summed E-state index contributed by atoms with van der Waals surface area (Å²) < 4.78 is 0. The first-order valence-electron chi connectivity index (χ1n) is 7.79. The van der Waals surface area contributed by atoms with Crippen LogP contribution in [0.1, 0.15) is 39.5 Å². The van der Waals surface area contributed by atoms with Crippen LogP contribution in [0.25, 0.3) is 0 Å². The van der Waals surface area contributed by atoms with Gasteiger partial charge in [-0.25, -0.2) is 0 Å². The molecule has 1 amide bonds. The number of hydrogen-bond acceptors (Lipinski definition) is 4. The lowest BCUT2D eigenvalue weighted by atomic mass is 9.90. The lowest BCUT2D eigenvalue weighted by Crippen LogP contribution is -2.45. The molecule has 2 aliphatic rings. The fourth-order valence-electron chi connectivity index (χ4n) is 2.93. The molecule has 5 heteroatoms. The van der Waals surface area contributed by atoms with Gasteiger partial charge in [-0.1, -0.05) is 0 Å². The first-order valence-corrected chi connectivity index (χ1v) is 7.79. The molecule has 2 aliphatic carbocycles. The summed E-state index contributed by atoms with van der Waals surface area (Å²) in [7, 11) is 0. The van der Waals surface area contributed by atoms with E-state index in [9.17, 15) is 9.59 Å². The van der Waals surface area contributed by atoms with Crippen LogP contribution in [0.2, 0.25) is 0 Å². The third kappa shape index (κ3) is 4.41. The zero-order chi connectivity index (χ0) is 15.4. The van der Waals surface area contributed by atoms with Crippen LogP contribution in [0.15, 0.2) is 17.3 Å². The zero-order valence-corrected chi connectivity index (χ0v) is 12.8.